The zero-order chi connectivity index (χ0) is 15.3. The molecule has 1 heterocycles. The van der Waals surface area contributed by atoms with Crippen LogP contribution in [0.4, 0.5) is 0 Å². The molecule has 0 spiro atoms. The van der Waals surface area contributed by atoms with E-state index in [9.17, 15) is 4.79 Å². The van der Waals surface area contributed by atoms with Crippen molar-refractivity contribution in [1.29, 1.82) is 0 Å². The Morgan fingerprint density at radius 3 is 2.67 bits per heavy atom. The first kappa shape index (κ1) is 16.3. The van der Waals surface area contributed by atoms with Crippen molar-refractivity contribution in [3.8, 4) is 0 Å². The Labute approximate surface area is 132 Å². The molecule has 1 aromatic rings. The average Bonchev–Trinajstić information content (AvgIpc) is 2.48. The van der Waals surface area contributed by atoms with Gasteiger partial charge in [0.1, 0.15) is 0 Å². The molecule has 116 valence electrons. The molecule has 1 saturated heterocycles. The topological polar surface area (TPSA) is 41.1 Å². The molecule has 3 nitrogen and oxygen atoms in total. The number of benzene rings is 1. The molecule has 1 aromatic carbocycles. The van der Waals surface area contributed by atoms with Crippen LogP contribution in [0.15, 0.2) is 24.3 Å². The summed E-state index contributed by atoms with van der Waals surface area (Å²) in [6, 6.07) is 7.64. The van der Waals surface area contributed by atoms with Crippen LogP contribution in [0.2, 0.25) is 5.02 Å². The quantitative estimate of drug-likeness (QED) is 0.871. The molecule has 0 aromatic heterocycles. The molecule has 0 radical (unpaired) electrons. The first-order chi connectivity index (χ1) is 10.1. The molecule has 1 amide bonds. The highest BCUT2D eigenvalue weighted by Crippen LogP contribution is 2.35. The Bertz CT molecular complexity index is 478. The van der Waals surface area contributed by atoms with Crippen LogP contribution in [-0.2, 0) is 4.79 Å². The van der Waals surface area contributed by atoms with Gasteiger partial charge in [-0.05, 0) is 50.9 Å². The highest BCUT2D eigenvalue weighted by atomic mass is 35.5. The maximum absolute atomic E-state index is 12.8. The monoisotopic (exact) mass is 308 g/mol. The van der Waals surface area contributed by atoms with Gasteiger partial charge in [0, 0.05) is 5.02 Å². The summed E-state index contributed by atoms with van der Waals surface area (Å²) in [6.07, 6.45) is 3.83. The van der Waals surface area contributed by atoms with Crippen molar-refractivity contribution in [2.24, 2.45) is 5.41 Å². The zero-order valence-corrected chi connectivity index (χ0v) is 13.7. The van der Waals surface area contributed by atoms with Gasteiger partial charge >= 0.3 is 0 Å². The molecule has 0 bridgehead atoms. The molecular formula is C17H25ClN2O. The summed E-state index contributed by atoms with van der Waals surface area (Å²) in [5, 5.41) is 7.24. The SMILES string of the molecule is CCCC1(C(=O)N[C@@H](C)c2ccccc2Cl)CCNCC1. The fraction of sp³-hybridized carbons (Fsp3) is 0.588. The second-order valence-electron chi connectivity index (χ2n) is 6.00. The molecule has 1 aliphatic rings. The number of carbonyl (C=O) groups is 1. The predicted octanol–water partition coefficient (Wildman–Crippen LogP) is 3.69. The summed E-state index contributed by atoms with van der Waals surface area (Å²) in [7, 11) is 0. The van der Waals surface area contributed by atoms with Gasteiger partial charge in [0.25, 0.3) is 0 Å². The van der Waals surface area contributed by atoms with Crippen LogP contribution in [0, 0.1) is 5.41 Å². The molecule has 4 heteroatoms. The van der Waals surface area contributed by atoms with Gasteiger partial charge in [-0.1, -0.05) is 43.1 Å². The van der Waals surface area contributed by atoms with Crippen LogP contribution in [0.1, 0.15) is 51.1 Å². The first-order valence-electron chi connectivity index (χ1n) is 7.85. The maximum atomic E-state index is 12.8. The second-order valence-corrected chi connectivity index (χ2v) is 6.40. The molecule has 2 N–H and O–H groups in total. The third-order valence-corrected chi connectivity index (χ3v) is 4.83. The molecule has 0 aliphatic carbocycles. The largest absolute Gasteiger partial charge is 0.349 e. The van der Waals surface area contributed by atoms with E-state index in [4.69, 9.17) is 11.6 Å². The number of amides is 1. The van der Waals surface area contributed by atoms with Crippen molar-refractivity contribution in [2.75, 3.05) is 13.1 Å². The van der Waals surface area contributed by atoms with Crippen molar-refractivity contribution < 1.29 is 4.79 Å². The summed E-state index contributed by atoms with van der Waals surface area (Å²) in [5.41, 5.74) is 0.767. The van der Waals surface area contributed by atoms with Gasteiger partial charge in [0.15, 0.2) is 0 Å². The van der Waals surface area contributed by atoms with Crippen LogP contribution in [0.25, 0.3) is 0 Å². The van der Waals surface area contributed by atoms with Gasteiger partial charge < -0.3 is 10.6 Å². The third-order valence-electron chi connectivity index (χ3n) is 4.49. The molecular weight excluding hydrogens is 284 g/mol. The van der Waals surface area contributed by atoms with E-state index in [2.05, 4.69) is 17.6 Å². The van der Waals surface area contributed by atoms with E-state index in [1.807, 2.05) is 31.2 Å². The van der Waals surface area contributed by atoms with Crippen molar-refractivity contribution in [3.05, 3.63) is 34.9 Å². The summed E-state index contributed by atoms with van der Waals surface area (Å²) in [4.78, 5) is 12.8. The molecule has 21 heavy (non-hydrogen) atoms. The average molecular weight is 309 g/mol. The highest BCUT2D eigenvalue weighted by molar-refractivity contribution is 6.31. The summed E-state index contributed by atoms with van der Waals surface area (Å²) in [5.74, 6) is 0.179. The second kappa shape index (κ2) is 7.28. The number of nitrogens with one attached hydrogen (secondary N) is 2. The lowest BCUT2D eigenvalue weighted by atomic mass is 9.74. The number of carbonyl (C=O) groups excluding carboxylic acids is 1. The van der Waals surface area contributed by atoms with Gasteiger partial charge in [0.2, 0.25) is 5.91 Å². The van der Waals surface area contributed by atoms with Gasteiger partial charge in [0.05, 0.1) is 11.5 Å². The lowest BCUT2D eigenvalue weighted by Gasteiger charge is -2.37. The lowest BCUT2D eigenvalue weighted by molar-refractivity contribution is -0.133. The molecule has 1 aliphatic heterocycles. The number of hydrogen-bond donors (Lipinski definition) is 2. The Balaban J connectivity index is 2.10. The van der Waals surface area contributed by atoms with Gasteiger partial charge in [-0.2, -0.15) is 0 Å². The van der Waals surface area contributed by atoms with E-state index in [1.54, 1.807) is 0 Å². The molecule has 0 saturated carbocycles. The minimum atomic E-state index is -0.213. The minimum Gasteiger partial charge on any atom is -0.349 e. The Kier molecular flexibility index (Phi) is 5.65. The molecule has 1 atom stereocenters. The Hall–Kier alpha value is -1.06. The zero-order valence-electron chi connectivity index (χ0n) is 12.9. The summed E-state index contributed by atoms with van der Waals surface area (Å²) < 4.78 is 0. The van der Waals surface area contributed by atoms with Crippen LogP contribution >= 0.6 is 11.6 Å². The maximum Gasteiger partial charge on any atom is 0.226 e. The van der Waals surface area contributed by atoms with Gasteiger partial charge in [-0.25, -0.2) is 0 Å². The number of halogens is 1. The number of piperidine rings is 1. The number of hydrogen-bond acceptors (Lipinski definition) is 2. The Morgan fingerprint density at radius 1 is 1.38 bits per heavy atom. The van der Waals surface area contributed by atoms with Crippen molar-refractivity contribution in [2.45, 2.75) is 45.6 Å². The minimum absolute atomic E-state index is 0.0604. The third kappa shape index (κ3) is 3.78. The van der Waals surface area contributed by atoms with Crippen molar-refractivity contribution >= 4 is 17.5 Å². The smallest absolute Gasteiger partial charge is 0.226 e. The van der Waals surface area contributed by atoms with E-state index >= 15 is 0 Å². The first-order valence-corrected chi connectivity index (χ1v) is 8.23. The highest BCUT2D eigenvalue weighted by Gasteiger charge is 2.39. The standard InChI is InChI=1S/C17H25ClN2O/c1-3-8-17(9-11-19-12-10-17)16(21)20-13(2)14-6-4-5-7-15(14)18/h4-7,13,19H,3,8-12H2,1-2H3,(H,20,21)/t13-/m0/s1. The van der Waals surface area contributed by atoms with Gasteiger partial charge in [-0.15, -0.1) is 0 Å². The fourth-order valence-corrected chi connectivity index (χ4v) is 3.53. The summed E-state index contributed by atoms with van der Waals surface area (Å²) in [6.45, 7) is 6.00. The van der Waals surface area contributed by atoms with Gasteiger partial charge in [-0.3, -0.25) is 4.79 Å². The molecule has 0 unspecified atom stereocenters. The fourth-order valence-electron chi connectivity index (χ4n) is 3.23. The molecule has 2 rings (SSSR count). The van der Waals surface area contributed by atoms with E-state index in [0.717, 1.165) is 44.3 Å². The van der Waals surface area contributed by atoms with Crippen molar-refractivity contribution in [1.82, 2.24) is 10.6 Å². The normalized spacial score (nSPS) is 19.0. The van der Waals surface area contributed by atoms with E-state index in [-0.39, 0.29) is 17.4 Å². The number of rotatable bonds is 5. The van der Waals surface area contributed by atoms with E-state index in [0.29, 0.717) is 5.02 Å². The van der Waals surface area contributed by atoms with Crippen LogP contribution in [-0.4, -0.2) is 19.0 Å². The van der Waals surface area contributed by atoms with Crippen molar-refractivity contribution in [3.63, 3.8) is 0 Å². The van der Waals surface area contributed by atoms with Crippen LogP contribution in [0.5, 0.6) is 0 Å². The van der Waals surface area contributed by atoms with E-state index in [1.165, 1.54) is 0 Å². The molecule has 1 fully saturated rings. The summed E-state index contributed by atoms with van der Waals surface area (Å²) >= 11 is 6.22. The lowest BCUT2D eigenvalue weighted by Crippen LogP contribution is -2.48. The predicted molar refractivity (Wildman–Crippen MR) is 87.5 cm³/mol. The van der Waals surface area contributed by atoms with Crippen LogP contribution in [0.3, 0.4) is 0 Å². The Morgan fingerprint density at radius 2 is 2.05 bits per heavy atom. The van der Waals surface area contributed by atoms with Crippen LogP contribution < -0.4 is 10.6 Å². The van der Waals surface area contributed by atoms with E-state index < -0.39 is 0 Å².